The smallest absolute Gasteiger partial charge is 0.0800 e. The van der Waals surface area contributed by atoms with Crippen molar-refractivity contribution in [2.24, 2.45) is 0 Å². The molecule has 2 unspecified atom stereocenters. The van der Waals surface area contributed by atoms with Gasteiger partial charge in [-0.1, -0.05) is 43.7 Å². The molecule has 0 aromatic heterocycles. The zero-order valence-electron chi connectivity index (χ0n) is 9.36. The number of hydrogen-bond acceptors (Lipinski definition) is 1. The average molecular weight is 192 g/mol. The molecular weight excluding hydrogens is 172 g/mol. The minimum Gasteiger partial charge on any atom is -0.371 e. The number of rotatable bonds is 5. The predicted molar refractivity (Wildman–Crippen MR) is 60.3 cm³/mol. The molecule has 0 aliphatic carbocycles. The Morgan fingerprint density at radius 3 is 2.36 bits per heavy atom. The Morgan fingerprint density at radius 2 is 1.79 bits per heavy atom. The van der Waals surface area contributed by atoms with Crippen molar-refractivity contribution in [2.75, 3.05) is 0 Å². The topological polar surface area (TPSA) is 9.23 Å². The Bertz CT molecular complexity index is 243. The van der Waals surface area contributed by atoms with E-state index in [0.717, 1.165) is 6.42 Å². The highest BCUT2D eigenvalue weighted by atomic mass is 16.5. The van der Waals surface area contributed by atoms with Gasteiger partial charge >= 0.3 is 0 Å². The van der Waals surface area contributed by atoms with Crippen LogP contribution in [0, 0.1) is 0 Å². The van der Waals surface area contributed by atoms with Gasteiger partial charge in [0.05, 0.1) is 12.2 Å². The first-order valence-corrected chi connectivity index (χ1v) is 5.44. The van der Waals surface area contributed by atoms with Gasteiger partial charge in [-0.15, -0.1) is 0 Å². The Balaban J connectivity index is 2.46. The van der Waals surface area contributed by atoms with Crippen molar-refractivity contribution in [3.8, 4) is 0 Å². The number of benzene rings is 1. The summed E-state index contributed by atoms with van der Waals surface area (Å²) in [6.07, 6.45) is 2.88. The van der Waals surface area contributed by atoms with Crippen molar-refractivity contribution >= 4 is 0 Å². The Morgan fingerprint density at radius 1 is 1.14 bits per heavy atom. The molecule has 0 fully saturated rings. The van der Waals surface area contributed by atoms with E-state index < -0.39 is 0 Å². The number of hydrogen-bond donors (Lipinski definition) is 0. The summed E-state index contributed by atoms with van der Waals surface area (Å²) in [6.45, 7) is 6.44. The highest BCUT2D eigenvalue weighted by molar-refractivity contribution is 5.16. The summed E-state index contributed by atoms with van der Waals surface area (Å²) in [7, 11) is 0. The van der Waals surface area contributed by atoms with Gasteiger partial charge < -0.3 is 4.74 Å². The Labute approximate surface area is 87.1 Å². The first-order valence-electron chi connectivity index (χ1n) is 5.44. The molecule has 0 spiro atoms. The Kier molecular flexibility index (Phi) is 4.68. The summed E-state index contributed by atoms with van der Waals surface area (Å²) in [5.74, 6) is 0. The van der Waals surface area contributed by atoms with Gasteiger partial charge in [-0.2, -0.15) is 0 Å². The number of ether oxygens (including phenoxy) is 1. The summed E-state index contributed by atoms with van der Waals surface area (Å²) in [6, 6.07) is 10.4. The molecule has 78 valence electrons. The normalized spacial score (nSPS) is 15.1. The van der Waals surface area contributed by atoms with Gasteiger partial charge in [-0.25, -0.2) is 0 Å². The molecule has 1 heteroatoms. The van der Waals surface area contributed by atoms with E-state index in [1.165, 1.54) is 12.0 Å². The minimum atomic E-state index is 0.206. The zero-order chi connectivity index (χ0) is 10.4. The first kappa shape index (κ1) is 11.3. The van der Waals surface area contributed by atoms with Crippen LogP contribution in [0.3, 0.4) is 0 Å². The van der Waals surface area contributed by atoms with Gasteiger partial charge in [0.25, 0.3) is 0 Å². The van der Waals surface area contributed by atoms with Gasteiger partial charge in [0.2, 0.25) is 0 Å². The molecule has 0 heterocycles. The maximum Gasteiger partial charge on any atom is 0.0800 e. The first-order chi connectivity index (χ1) is 6.74. The third-order valence-corrected chi connectivity index (χ3v) is 2.40. The highest BCUT2D eigenvalue weighted by Crippen LogP contribution is 2.19. The lowest BCUT2D eigenvalue weighted by Crippen LogP contribution is -2.11. The minimum absolute atomic E-state index is 0.206. The van der Waals surface area contributed by atoms with Gasteiger partial charge in [-0.05, 0) is 25.8 Å². The molecule has 0 aliphatic rings. The molecule has 2 atom stereocenters. The van der Waals surface area contributed by atoms with Crippen LogP contribution in [0.2, 0.25) is 0 Å². The fourth-order valence-electron chi connectivity index (χ4n) is 1.63. The molecule has 0 aliphatic heterocycles. The summed E-state index contributed by atoms with van der Waals surface area (Å²) >= 11 is 0. The summed E-state index contributed by atoms with van der Waals surface area (Å²) in [4.78, 5) is 0. The molecule has 1 nitrogen and oxygen atoms in total. The zero-order valence-corrected chi connectivity index (χ0v) is 9.36. The maximum absolute atomic E-state index is 5.88. The van der Waals surface area contributed by atoms with E-state index in [9.17, 15) is 0 Å². The monoisotopic (exact) mass is 192 g/mol. The lowest BCUT2D eigenvalue weighted by molar-refractivity contribution is 0.00258. The fourth-order valence-corrected chi connectivity index (χ4v) is 1.63. The molecule has 1 rings (SSSR count). The SMILES string of the molecule is CCCC(C)OC(C)c1ccccc1. The molecule has 0 bridgehead atoms. The van der Waals surface area contributed by atoms with Crippen molar-refractivity contribution in [2.45, 2.75) is 45.8 Å². The van der Waals surface area contributed by atoms with Crippen LogP contribution in [0.15, 0.2) is 30.3 Å². The van der Waals surface area contributed by atoms with Crippen LogP contribution in [0.5, 0.6) is 0 Å². The molecule has 0 N–H and O–H groups in total. The van der Waals surface area contributed by atoms with Crippen LogP contribution < -0.4 is 0 Å². The second-order valence-corrected chi connectivity index (χ2v) is 3.79. The molecule has 14 heavy (non-hydrogen) atoms. The maximum atomic E-state index is 5.88. The van der Waals surface area contributed by atoms with Crippen LogP contribution in [0.4, 0.5) is 0 Å². The van der Waals surface area contributed by atoms with Gasteiger partial charge in [0.15, 0.2) is 0 Å². The van der Waals surface area contributed by atoms with Gasteiger partial charge in [0.1, 0.15) is 0 Å². The molecule has 1 aromatic rings. The third kappa shape index (κ3) is 3.51. The van der Waals surface area contributed by atoms with Gasteiger partial charge in [-0.3, -0.25) is 0 Å². The molecule has 0 radical (unpaired) electrons. The Hall–Kier alpha value is -0.820. The van der Waals surface area contributed by atoms with E-state index in [-0.39, 0.29) is 6.10 Å². The standard InChI is InChI=1S/C13H20O/c1-4-8-11(2)14-12(3)13-9-6-5-7-10-13/h5-7,9-12H,4,8H2,1-3H3. The second kappa shape index (κ2) is 5.82. The van der Waals surface area contributed by atoms with Crippen molar-refractivity contribution in [1.29, 1.82) is 0 Å². The van der Waals surface area contributed by atoms with E-state index in [0.29, 0.717) is 6.10 Å². The van der Waals surface area contributed by atoms with Crippen LogP contribution in [-0.2, 0) is 4.74 Å². The van der Waals surface area contributed by atoms with Crippen LogP contribution in [0.1, 0.15) is 45.3 Å². The quantitative estimate of drug-likeness (QED) is 0.686. The van der Waals surface area contributed by atoms with E-state index >= 15 is 0 Å². The van der Waals surface area contributed by atoms with Crippen molar-refractivity contribution in [1.82, 2.24) is 0 Å². The average Bonchev–Trinajstić information content (AvgIpc) is 2.19. The van der Waals surface area contributed by atoms with Crippen LogP contribution in [-0.4, -0.2) is 6.10 Å². The summed E-state index contributed by atoms with van der Waals surface area (Å²) in [5.41, 5.74) is 1.26. The van der Waals surface area contributed by atoms with E-state index in [2.05, 4.69) is 45.0 Å². The highest BCUT2D eigenvalue weighted by Gasteiger charge is 2.08. The summed E-state index contributed by atoms with van der Waals surface area (Å²) in [5, 5.41) is 0. The van der Waals surface area contributed by atoms with E-state index in [4.69, 9.17) is 4.74 Å². The fraction of sp³-hybridized carbons (Fsp3) is 0.538. The summed E-state index contributed by atoms with van der Waals surface area (Å²) < 4.78 is 5.88. The van der Waals surface area contributed by atoms with Crippen molar-refractivity contribution in [3.63, 3.8) is 0 Å². The molecule has 0 saturated heterocycles. The van der Waals surface area contributed by atoms with Crippen molar-refractivity contribution in [3.05, 3.63) is 35.9 Å². The predicted octanol–water partition coefficient (Wildman–Crippen LogP) is 3.95. The van der Waals surface area contributed by atoms with Crippen molar-refractivity contribution < 1.29 is 4.74 Å². The molecular formula is C13H20O. The van der Waals surface area contributed by atoms with Gasteiger partial charge in [0, 0.05) is 0 Å². The van der Waals surface area contributed by atoms with E-state index in [1.54, 1.807) is 0 Å². The molecule has 0 saturated carbocycles. The lowest BCUT2D eigenvalue weighted by atomic mass is 10.1. The third-order valence-electron chi connectivity index (χ3n) is 2.40. The molecule has 1 aromatic carbocycles. The largest absolute Gasteiger partial charge is 0.371 e. The second-order valence-electron chi connectivity index (χ2n) is 3.79. The lowest BCUT2D eigenvalue weighted by Gasteiger charge is -2.18. The molecule has 0 amide bonds. The van der Waals surface area contributed by atoms with Crippen LogP contribution in [0.25, 0.3) is 0 Å². The van der Waals surface area contributed by atoms with E-state index in [1.807, 2.05) is 6.07 Å². The van der Waals surface area contributed by atoms with Crippen LogP contribution >= 0.6 is 0 Å².